The van der Waals surface area contributed by atoms with E-state index in [1.165, 1.54) is 4.90 Å². The first-order chi connectivity index (χ1) is 7.43. The molecule has 0 saturated heterocycles. The lowest BCUT2D eigenvalue weighted by Crippen LogP contribution is -2.46. The van der Waals surface area contributed by atoms with Gasteiger partial charge in [-0.1, -0.05) is 6.92 Å². The highest BCUT2D eigenvalue weighted by Gasteiger charge is 2.26. The molecule has 0 spiro atoms. The summed E-state index contributed by atoms with van der Waals surface area (Å²) in [6.45, 7) is 7.36. The summed E-state index contributed by atoms with van der Waals surface area (Å²) in [5.74, 6) is -1.27. The van der Waals surface area contributed by atoms with Crippen molar-refractivity contribution in [2.75, 3.05) is 13.2 Å². The Balaban J connectivity index is 4.61. The van der Waals surface area contributed by atoms with Crippen LogP contribution in [0.1, 0.15) is 34.1 Å². The molecule has 2 atom stereocenters. The zero-order valence-corrected chi connectivity index (χ0v) is 10.4. The molecule has 0 rings (SSSR count). The van der Waals surface area contributed by atoms with Gasteiger partial charge < -0.3 is 14.7 Å². The van der Waals surface area contributed by atoms with Gasteiger partial charge in [0.1, 0.15) is 12.6 Å². The van der Waals surface area contributed by atoms with E-state index in [0.717, 1.165) is 6.42 Å². The number of aliphatic carboxylic acids is 1. The summed E-state index contributed by atoms with van der Waals surface area (Å²) in [6.07, 6.45) is 0.135. The SMILES string of the molecule is CCOC(C)C(=O)N(CC(=O)O)C(C)CC. The Morgan fingerprint density at radius 1 is 1.31 bits per heavy atom. The smallest absolute Gasteiger partial charge is 0.323 e. The maximum absolute atomic E-state index is 11.9. The van der Waals surface area contributed by atoms with Crippen molar-refractivity contribution in [3.63, 3.8) is 0 Å². The summed E-state index contributed by atoms with van der Waals surface area (Å²) in [5, 5.41) is 8.75. The van der Waals surface area contributed by atoms with Gasteiger partial charge in [-0.2, -0.15) is 0 Å². The van der Waals surface area contributed by atoms with Crippen LogP contribution in [-0.2, 0) is 14.3 Å². The first kappa shape index (κ1) is 14.9. The molecule has 0 aromatic rings. The second kappa shape index (κ2) is 7.22. The van der Waals surface area contributed by atoms with E-state index in [1.54, 1.807) is 13.8 Å². The lowest BCUT2D eigenvalue weighted by molar-refractivity contribution is -0.152. The van der Waals surface area contributed by atoms with Gasteiger partial charge in [-0.05, 0) is 27.2 Å². The molecule has 16 heavy (non-hydrogen) atoms. The summed E-state index contributed by atoms with van der Waals surface area (Å²) in [6, 6.07) is -0.0912. The van der Waals surface area contributed by atoms with Crippen LogP contribution in [0.3, 0.4) is 0 Å². The number of ether oxygens (including phenoxy) is 1. The number of hydrogen-bond acceptors (Lipinski definition) is 3. The van der Waals surface area contributed by atoms with E-state index in [9.17, 15) is 9.59 Å². The molecule has 1 amide bonds. The fraction of sp³-hybridized carbons (Fsp3) is 0.818. The van der Waals surface area contributed by atoms with E-state index in [0.29, 0.717) is 6.61 Å². The normalized spacial score (nSPS) is 14.2. The second-order valence-electron chi connectivity index (χ2n) is 3.71. The summed E-state index contributed by atoms with van der Waals surface area (Å²) in [4.78, 5) is 23.9. The Kier molecular flexibility index (Phi) is 6.72. The van der Waals surface area contributed by atoms with Gasteiger partial charge in [0, 0.05) is 12.6 Å². The Hall–Kier alpha value is -1.10. The van der Waals surface area contributed by atoms with Crippen molar-refractivity contribution in [2.24, 2.45) is 0 Å². The number of amides is 1. The van der Waals surface area contributed by atoms with Gasteiger partial charge in [0.05, 0.1) is 0 Å². The molecule has 0 radical (unpaired) electrons. The number of carbonyl (C=O) groups is 2. The minimum absolute atomic E-state index is 0.0912. The third-order valence-electron chi connectivity index (χ3n) is 2.48. The maximum Gasteiger partial charge on any atom is 0.323 e. The van der Waals surface area contributed by atoms with Gasteiger partial charge in [-0.3, -0.25) is 9.59 Å². The molecule has 0 aliphatic carbocycles. The van der Waals surface area contributed by atoms with Crippen LogP contribution in [-0.4, -0.2) is 47.2 Å². The third kappa shape index (κ3) is 4.61. The van der Waals surface area contributed by atoms with Crippen LogP contribution in [0.5, 0.6) is 0 Å². The first-order valence-corrected chi connectivity index (χ1v) is 5.57. The topological polar surface area (TPSA) is 66.8 Å². The molecule has 0 saturated carbocycles. The van der Waals surface area contributed by atoms with Crippen molar-refractivity contribution in [3.05, 3.63) is 0 Å². The van der Waals surface area contributed by atoms with E-state index in [2.05, 4.69) is 0 Å². The number of carbonyl (C=O) groups excluding carboxylic acids is 1. The number of carboxylic acids is 1. The van der Waals surface area contributed by atoms with Crippen LogP contribution in [0.4, 0.5) is 0 Å². The summed E-state index contributed by atoms with van der Waals surface area (Å²) in [5.41, 5.74) is 0. The van der Waals surface area contributed by atoms with Crippen LogP contribution in [0.25, 0.3) is 0 Å². The molecule has 5 heteroatoms. The Morgan fingerprint density at radius 3 is 2.25 bits per heavy atom. The number of nitrogens with zero attached hydrogens (tertiary/aromatic N) is 1. The van der Waals surface area contributed by atoms with Crippen LogP contribution in [0.2, 0.25) is 0 Å². The monoisotopic (exact) mass is 231 g/mol. The van der Waals surface area contributed by atoms with Crippen LogP contribution in [0, 0.1) is 0 Å². The minimum atomic E-state index is -1.00. The number of carboxylic acid groups (broad SMARTS) is 1. The zero-order valence-electron chi connectivity index (χ0n) is 10.4. The molecule has 94 valence electrons. The van der Waals surface area contributed by atoms with Crippen LogP contribution >= 0.6 is 0 Å². The van der Waals surface area contributed by atoms with Crippen LogP contribution in [0.15, 0.2) is 0 Å². The fourth-order valence-electron chi connectivity index (χ4n) is 1.37. The largest absolute Gasteiger partial charge is 0.480 e. The molecule has 0 heterocycles. The zero-order chi connectivity index (χ0) is 12.7. The molecule has 0 fully saturated rings. The van der Waals surface area contributed by atoms with Gasteiger partial charge in [0.25, 0.3) is 5.91 Å². The summed E-state index contributed by atoms with van der Waals surface area (Å²) < 4.78 is 5.18. The number of hydrogen-bond donors (Lipinski definition) is 1. The molecular weight excluding hydrogens is 210 g/mol. The Bertz CT molecular complexity index is 242. The minimum Gasteiger partial charge on any atom is -0.480 e. The van der Waals surface area contributed by atoms with E-state index < -0.39 is 12.1 Å². The van der Waals surface area contributed by atoms with Crippen molar-refractivity contribution in [3.8, 4) is 0 Å². The fourth-order valence-corrected chi connectivity index (χ4v) is 1.37. The highest BCUT2D eigenvalue weighted by molar-refractivity contribution is 5.84. The standard InChI is InChI=1S/C11H21NO4/c1-5-8(3)12(7-10(13)14)11(15)9(4)16-6-2/h8-9H,5-7H2,1-4H3,(H,13,14). The average molecular weight is 231 g/mol. The quantitative estimate of drug-likeness (QED) is 0.713. The molecule has 0 aliphatic heterocycles. The molecule has 0 aliphatic rings. The molecule has 0 aromatic heterocycles. The van der Waals surface area contributed by atoms with E-state index >= 15 is 0 Å². The Morgan fingerprint density at radius 2 is 1.88 bits per heavy atom. The lowest BCUT2D eigenvalue weighted by Gasteiger charge is -2.29. The first-order valence-electron chi connectivity index (χ1n) is 5.57. The van der Waals surface area contributed by atoms with Crippen molar-refractivity contribution in [2.45, 2.75) is 46.3 Å². The predicted octanol–water partition coefficient (Wildman–Crippen LogP) is 1.12. The highest BCUT2D eigenvalue weighted by Crippen LogP contribution is 2.07. The van der Waals surface area contributed by atoms with Gasteiger partial charge in [-0.25, -0.2) is 0 Å². The van der Waals surface area contributed by atoms with Crippen LogP contribution < -0.4 is 0 Å². The highest BCUT2D eigenvalue weighted by atomic mass is 16.5. The molecule has 5 nitrogen and oxygen atoms in total. The lowest BCUT2D eigenvalue weighted by atomic mass is 10.2. The van der Waals surface area contributed by atoms with Gasteiger partial charge in [-0.15, -0.1) is 0 Å². The molecule has 0 aromatic carbocycles. The third-order valence-corrected chi connectivity index (χ3v) is 2.48. The molecule has 0 bridgehead atoms. The van der Waals surface area contributed by atoms with Crippen molar-refractivity contribution in [1.29, 1.82) is 0 Å². The second-order valence-corrected chi connectivity index (χ2v) is 3.71. The van der Waals surface area contributed by atoms with Crippen molar-refractivity contribution < 1.29 is 19.4 Å². The van der Waals surface area contributed by atoms with E-state index in [-0.39, 0.29) is 18.5 Å². The van der Waals surface area contributed by atoms with Gasteiger partial charge in [0.15, 0.2) is 0 Å². The van der Waals surface area contributed by atoms with Gasteiger partial charge >= 0.3 is 5.97 Å². The maximum atomic E-state index is 11.9. The van der Waals surface area contributed by atoms with Crippen molar-refractivity contribution in [1.82, 2.24) is 4.90 Å². The van der Waals surface area contributed by atoms with E-state index in [4.69, 9.17) is 9.84 Å². The molecular formula is C11H21NO4. The number of rotatable bonds is 7. The molecule has 1 N–H and O–H groups in total. The van der Waals surface area contributed by atoms with Crippen molar-refractivity contribution >= 4 is 11.9 Å². The van der Waals surface area contributed by atoms with Gasteiger partial charge in [0.2, 0.25) is 0 Å². The average Bonchev–Trinajstić information content (AvgIpc) is 2.24. The summed E-state index contributed by atoms with van der Waals surface area (Å²) >= 11 is 0. The Labute approximate surface area is 96.4 Å². The summed E-state index contributed by atoms with van der Waals surface area (Å²) in [7, 11) is 0. The predicted molar refractivity (Wildman–Crippen MR) is 60.2 cm³/mol. The molecule has 2 unspecified atom stereocenters. The van der Waals surface area contributed by atoms with E-state index in [1.807, 2.05) is 13.8 Å².